The maximum atomic E-state index is 13.6. The fraction of sp³-hybridized carbons (Fsp3) is 0.280. The van der Waals surface area contributed by atoms with Crippen molar-refractivity contribution in [1.29, 1.82) is 0 Å². The predicted octanol–water partition coefficient (Wildman–Crippen LogP) is 5.27. The van der Waals surface area contributed by atoms with Crippen molar-refractivity contribution < 1.29 is 13.9 Å². The Balaban J connectivity index is 1.65. The second-order valence-electron chi connectivity index (χ2n) is 7.98. The van der Waals surface area contributed by atoms with Gasteiger partial charge in [0.2, 0.25) is 10.9 Å². The highest BCUT2D eigenvalue weighted by Crippen LogP contribution is 2.42. The number of unbranched alkanes of at least 4 members (excludes halogenated alkanes) is 2. The lowest BCUT2D eigenvalue weighted by Crippen LogP contribution is -2.29. The molecule has 1 aliphatic heterocycles. The maximum Gasteiger partial charge on any atom is 0.297 e. The molecule has 1 unspecified atom stereocenters. The Morgan fingerprint density at radius 3 is 2.73 bits per heavy atom. The molecular formula is C25H23N3O4S. The number of aromatic nitrogens is 2. The Morgan fingerprint density at radius 2 is 1.94 bits per heavy atom. The molecule has 0 radical (unpaired) electrons. The Kier molecular flexibility index (Phi) is 5.68. The molecule has 2 aromatic heterocycles. The second kappa shape index (κ2) is 8.78. The Labute approximate surface area is 194 Å². The average Bonchev–Trinajstić information content (AvgIpc) is 3.38. The monoisotopic (exact) mass is 461 g/mol. The van der Waals surface area contributed by atoms with Gasteiger partial charge >= 0.3 is 0 Å². The van der Waals surface area contributed by atoms with Crippen molar-refractivity contribution in [2.75, 3.05) is 11.5 Å². The van der Waals surface area contributed by atoms with Crippen molar-refractivity contribution in [3.05, 3.63) is 80.6 Å². The summed E-state index contributed by atoms with van der Waals surface area (Å²) < 4.78 is 11.9. The fourth-order valence-corrected chi connectivity index (χ4v) is 4.85. The van der Waals surface area contributed by atoms with E-state index in [0.717, 1.165) is 29.8 Å². The van der Waals surface area contributed by atoms with Gasteiger partial charge in [0.25, 0.3) is 5.91 Å². The van der Waals surface area contributed by atoms with Gasteiger partial charge in [-0.1, -0.05) is 55.4 Å². The van der Waals surface area contributed by atoms with E-state index in [1.54, 1.807) is 24.3 Å². The molecule has 1 atom stereocenters. The van der Waals surface area contributed by atoms with Gasteiger partial charge in [-0.15, -0.1) is 10.2 Å². The van der Waals surface area contributed by atoms with Crippen LogP contribution in [0.2, 0.25) is 0 Å². The number of rotatable bonds is 7. The summed E-state index contributed by atoms with van der Waals surface area (Å²) in [5.74, 6) is 0.345. The van der Waals surface area contributed by atoms with Crippen molar-refractivity contribution in [3.8, 4) is 5.75 Å². The fourth-order valence-electron chi connectivity index (χ4n) is 4.13. The van der Waals surface area contributed by atoms with E-state index in [1.807, 2.05) is 31.2 Å². The molecule has 4 aromatic rings. The summed E-state index contributed by atoms with van der Waals surface area (Å²) in [6, 6.07) is 13.8. The highest BCUT2D eigenvalue weighted by Gasteiger charge is 2.45. The van der Waals surface area contributed by atoms with Crippen LogP contribution in [-0.4, -0.2) is 22.7 Å². The topological polar surface area (TPSA) is 85.5 Å². The summed E-state index contributed by atoms with van der Waals surface area (Å²) in [6.45, 7) is 4.59. The van der Waals surface area contributed by atoms with Crippen molar-refractivity contribution in [3.63, 3.8) is 0 Å². The number of fused-ring (bicyclic) bond motifs is 2. The molecule has 0 saturated heterocycles. The van der Waals surface area contributed by atoms with E-state index in [9.17, 15) is 9.59 Å². The number of aryl methyl sites for hydroxylation is 1. The van der Waals surface area contributed by atoms with Crippen LogP contribution in [0.1, 0.15) is 58.9 Å². The minimum atomic E-state index is -0.681. The van der Waals surface area contributed by atoms with Gasteiger partial charge < -0.3 is 9.15 Å². The molecule has 0 N–H and O–H groups in total. The molecule has 1 aliphatic rings. The Bertz CT molecular complexity index is 1390. The van der Waals surface area contributed by atoms with E-state index in [-0.39, 0.29) is 11.2 Å². The third-order valence-electron chi connectivity index (χ3n) is 5.69. The number of anilines is 1. The zero-order chi connectivity index (χ0) is 22.9. The number of hydrogen-bond donors (Lipinski definition) is 0. The number of nitrogens with zero attached hydrogens (tertiary/aromatic N) is 3. The zero-order valence-electron chi connectivity index (χ0n) is 18.4. The highest BCUT2D eigenvalue weighted by molar-refractivity contribution is 7.15. The molecule has 0 saturated carbocycles. The first-order chi connectivity index (χ1) is 16.1. The number of benzene rings is 2. The normalized spacial score (nSPS) is 15.3. The van der Waals surface area contributed by atoms with E-state index < -0.39 is 11.9 Å². The summed E-state index contributed by atoms with van der Waals surface area (Å²) in [4.78, 5) is 28.6. The smallest absolute Gasteiger partial charge is 0.297 e. The molecule has 3 heterocycles. The van der Waals surface area contributed by atoms with Crippen LogP contribution in [0.15, 0.2) is 57.7 Å². The van der Waals surface area contributed by atoms with Crippen LogP contribution in [0, 0.1) is 6.92 Å². The summed E-state index contributed by atoms with van der Waals surface area (Å²) >= 11 is 1.30. The molecule has 5 rings (SSSR count). The van der Waals surface area contributed by atoms with Crippen molar-refractivity contribution in [1.82, 2.24) is 10.2 Å². The van der Waals surface area contributed by atoms with E-state index >= 15 is 0 Å². The molecule has 0 fully saturated rings. The molecule has 0 aliphatic carbocycles. The standard InChI is InChI=1S/C25H23N3O4S/c1-3-4-7-13-31-17-10-8-9-16(14-17)21-20-22(29)18-11-5-6-12-19(18)32-23(20)24(30)28(21)25-27-26-15(2)33-25/h5-6,8-12,14,21H,3-4,7,13H2,1-2H3. The minimum absolute atomic E-state index is 0.0471. The van der Waals surface area contributed by atoms with Gasteiger partial charge in [0.05, 0.1) is 23.6 Å². The number of carbonyl (C=O) groups excluding carboxylic acids is 1. The van der Waals surface area contributed by atoms with Gasteiger partial charge in [0, 0.05) is 0 Å². The summed E-state index contributed by atoms with van der Waals surface area (Å²) in [7, 11) is 0. The maximum absolute atomic E-state index is 13.6. The van der Waals surface area contributed by atoms with Crippen molar-refractivity contribution >= 4 is 33.3 Å². The highest BCUT2D eigenvalue weighted by atomic mass is 32.1. The molecule has 0 spiro atoms. The number of para-hydroxylation sites is 1. The number of ether oxygens (including phenoxy) is 1. The van der Waals surface area contributed by atoms with Crippen LogP contribution in [0.5, 0.6) is 5.75 Å². The molecule has 33 heavy (non-hydrogen) atoms. The number of carbonyl (C=O) groups is 1. The largest absolute Gasteiger partial charge is 0.494 e. The van der Waals surface area contributed by atoms with Crippen LogP contribution >= 0.6 is 11.3 Å². The predicted molar refractivity (Wildman–Crippen MR) is 127 cm³/mol. The third-order valence-corrected chi connectivity index (χ3v) is 6.53. The number of amides is 1. The Hall–Kier alpha value is -3.52. The van der Waals surface area contributed by atoms with Gasteiger partial charge in [-0.3, -0.25) is 14.5 Å². The van der Waals surface area contributed by atoms with E-state index in [0.29, 0.717) is 34.0 Å². The first-order valence-corrected chi connectivity index (χ1v) is 11.8. The van der Waals surface area contributed by atoms with Gasteiger partial charge in [0.15, 0.2) is 5.43 Å². The van der Waals surface area contributed by atoms with Gasteiger partial charge in [-0.05, 0) is 43.2 Å². The lowest BCUT2D eigenvalue weighted by molar-refractivity contribution is 0.0970. The third kappa shape index (κ3) is 3.80. The van der Waals surface area contributed by atoms with E-state index in [2.05, 4.69) is 17.1 Å². The SMILES string of the molecule is CCCCCOc1cccc(C2c3c(oc4ccccc4c3=O)C(=O)N2c2nnc(C)s2)c1. The molecule has 168 valence electrons. The molecule has 0 bridgehead atoms. The molecule has 1 amide bonds. The second-order valence-corrected chi connectivity index (χ2v) is 9.14. The summed E-state index contributed by atoms with van der Waals surface area (Å²) in [5, 5.41) is 9.87. The lowest BCUT2D eigenvalue weighted by atomic mass is 9.98. The van der Waals surface area contributed by atoms with Crippen LogP contribution in [0.3, 0.4) is 0 Å². The Morgan fingerprint density at radius 1 is 1.09 bits per heavy atom. The van der Waals surface area contributed by atoms with Gasteiger partial charge in [-0.2, -0.15) is 0 Å². The van der Waals surface area contributed by atoms with Gasteiger partial charge in [-0.25, -0.2) is 0 Å². The summed E-state index contributed by atoms with van der Waals surface area (Å²) in [5.41, 5.74) is 1.24. The van der Waals surface area contributed by atoms with Crippen LogP contribution in [0.25, 0.3) is 11.0 Å². The molecular weight excluding hydrogens is 438 g/mol. The van der Waals surface area contributed by atoms with Crippen molar-refractivity contribution in [2.24, 2.45) is 0 Å². The average molecular weight is 462 g/mol. The van der Waals surface area contributed by atoms with Crippen LogP contribution < -0.4 is 15.1 Å². The lowest BCUT2D eigenvalue weighted by Gasteiger charge is -2.22. The van der Waals surface area contributed by atoms with Gasteiger partial charge in [0.1, 0.15) is 16.3 Å². The first-order valence-electron chi connectivity index (χ1n) is 11.0. The van der Waals surface area contributed by atoms with Crippen LogP contribution in [-0.2, 0) is 0 Å². The minimum Gasteiger partial charge on any atom is -0.494 e. The van der Waals surface area contributed by atoms with Crippen LogP contribution in [0.4, 0.5) is 5.13 Å². The summed E-state index contributed by atoms with van der Waals surface area (Å²) in [6.07, 6.45) is 3.18. The first kappa shape index (κ1) is 21.3. The molecule has 8 heteroatoms. The quantitative estimate of drug-likeness (QED) is 0.349. The molecule has 7 nitrogen and oxygen atoms in total. The molecule has 2 aromatic carbocycles. The van der Waals surface area contributed by atoms with E-state index in [1.165, 1.54) is 16.2 Å². The van der Waals surface area contributed by atoms with E-state index in [4.69, 9.17) is 9.15 Å². The van der Waals surface area contributed by atoms with Crippen molar-refractivity contribution in [2.45, 2.75) is 39.2 Å². The zero-order valence-corrected chi connectivity index (χ0v) is 19.2. The number of hydrogen-bond acceptors (Lipinski definition) is 7.